The number of rotatable bonds is 7. The van der Waals surface area contributed by atoms with Crippen LogP contribution in [0.2, 0.25) is 5.02 Å². The van der Waals surface area contributed by atoms with Gasteiger partial charge < -0.3 is 4.74 Å². The van der Waals surface area contributed by atoms with Crippen LogP contribution in [0.3, 0.4) is 0 Å². The number of fused-ring (bicyclic) bond motifs is 1. The third-order valence-electron chi connectivity index (χ3n) is 5.48. The summed E-state index contributed by atoms with van der Waals surface area (Å²) in [4.78, 5) is 12.3. The molecule has 4 aromatic rings. The lowest BCUT2D eigenvalue weighted by atomic mass is 10.0. The Morgan fingerprint density at radius 1 is 0.970 bits per heavy atom. The van der Waals surface area contributed by atoms with E-state index in [0.29, 0.717) is 22.9 Å². The monoisotopic (exact) mass is 456 g/mol. The van der Waals surface area contributed by atoms with Gasteiger partial charge in [-0.1, -0.05) is 77.8 Å². The number of amides is 1. The van der Waals surface area contributed by atoms with E-state index in [-0.39, 0.29) is 12.3 Å². The maximum atomic E-state index is 12.3. The minimum atomic E-state index is -0.182. The molecule has 0 fully saturated rings. The molecule has 0 atom stereocenters. The zero-order valence-corrected chi connectivity index (χ0v) is 19.4. The Hall–Kier alpha value is -3.63. The van der Waals surface area contributed by atoms with E-state index in [9.17, 15) is 4.79 Å². The summed E-state index contributed by atoms with van der Waals surface area (Å²) in [5.41, 5.74) is 7.62. The van der Waals surface area contributed by atoms with Crippen LogP contribution in [0.25, 0.3) is 10.8 Å². The van der Waals surface area contributed by atoms with Crippen LogP contribution in [0.15, 0.2) is 84.0 Å². The Morgan fingerprint density at radius 2 is 1.79 bits per heavy atom. The molecule has 166 valence electrons. The highest BCUT2D eigenvalue weighted by Crippen LogP contribution is 2.24. The number of benzene rings is 4. The second-order valence-electron chi connectivity index (χ2n) is 8.01. The van der Waals surface area contributed by atoms with Crippen molar-refractivity contribution >= 4 is 34.5 Å². The summed E-state index contributed by atoms with van der Waals surface area (Å²) in [5, 5.41) is 7.02. The molecule has 0 unspecified atom stereocenters. The molecular weight excluding hydrogens is 432 g/mol. The van der Waals surface area contributed by atoms with Gasteiger partial charge in [0.15, 0.2) is 0 Å². The van der Waals surface area contributed by atoms with Crippen LogP contribution in [0.4, 0.5) is 0 Å². The smallest absolute Gasteiger partial charge is 0.244 e. The van der Waals surface area contributed by atoms with Crippen LogP contribution in [-0.4, -0.2) is 12.1 Å². The zero-order valence-electron chi connectivity index (χ0n) is 18.6. The van der Waals surface area contributed by atoms with Gasteiger partial charge in [0.2, 0.25) is 5.91 Å². The first-order chi connectivity index (χ1) is 16.0. The molecule has 4 rings (SSSR count). The van der Waals surface area contributed by atoms with Crippen molar-refractivity contribution in [2.24, 2.45) is 5.10 Å². The minimum absolute atomic E-state index is 0.182. The van der Waals surface area contributed by atoms with E-state index in [0.717, 1.165) is 22.1 Å². The molecule has 0 aliphatic rings. The molecule has 4 nitrogen and oxygen atoms in total. The summed E-state index contributed by atoms with van der Waals surface area (Å²) in [6.45, 7) is 4.44. The number of carbonyl (C=O) groups is 1. The van der Waals surface area contributed by atoms with E-state index < -0.39 is 0 Å². The number of carbonyl (C=O) groups excluding carboxylic acids is 1. The molecule has 0 aliphatic heterocycles. The summed E-state index contributed by atoms with van der Waals surface area (Å²) in [6, 6.07) is 25.8. The van der Waals surface area contributed by atoms with Crippen molar-refractivity contribution in [3.05, 3.63) is 112 Å². The number of hydrogen-bond acceptors (Lipinski definition) is 3. The summed E-state index contributed by atoms with van der Waals surface area (Å²) >= 11 is 6.19. The minimum Gasteiger partial charge on any atom is -0.488 e. The van der Waals surface area contributed by atoms with E-state index in [1.807, 2.05) is 50.2 Å². The van der Waals surface area contributed by atoms with Gasteiger partial charge in [0.05, 0.1) is 12.6 Å². The predicted octanol–water partition coefficient (Wildman–Crippen LogP) is 6.38. The SMILES string of the molecule is Cc1ccc(CC(=O)N/N=C\c2cc(Cl)ccc2OCc2cccc3ccccc23)c(C)c1. The molecule has 0 radical (unpaired) electrons. The quantitative estimate of drug-likeness (QED) is 0.259. The summed E-state index contributed by atoms with van der Waals surface area (Å²) in [5.74, 6) is 0.457. The van der Waals surface area contributed by atoms with Gasteiger partial charge in [-0.15, -0.1) is 0 Å². The van der Waals surface area contributed by atoms with Gasteiger partial charge in [-0.2, -0.15) is 5.10 Å². The van der Waals surface area contributed by atoms with Crippen LogP contribution >= 0.6 is 11.6 Å². The highest BCUT2D eigenvalue weighted by Gasteiger charge is 2.08. The molecule has 0 spiro atoms. The van der Waals surface area contributed by atoms with Crippen LogP contribution in [0.1, 0.15) is 27.8 Å². The third-order valence-corrected chi connectivity index (χ3v) is 5.71. The molecule has 0 saturated heterocycles. The number of nitrogens with zero attached hydrogens (tertiary/aromatic N) is 1. The van der Waals surface area contributed by atoms with Gasteiger partial charge in [0.1, 0.15) is 12.4 Å². The number of halogens is 1. The first-order valence-corrected chi connectivity index (χ1v) is 11.1. The van der Waals surface area contributed by atoms with Gasteiger partial charge in [-0.25, -0.2) is 5.43 Å². The lowest BCUT2D eigenvalue weighted by Gasteiger charge is -2.11. The molecule has 1 amide bonds. The third kappa shape index (κ3) is 5.79. The van der Waals surface area contributed by atoms with Crippen molar-refractivity contribution in [1.82, 2.24) is 5.43 Å². The second kappa shape index (κ2) is 10.3. The normalized spacial score (nSPS) is 11.1. The summed E-state index contributed by atoms with van der Waals surface area (Å²) in [7, 11) is 0. The molecule has 5 heteroatoms. The fraction of sp³-hybridized carbons (Fsp3) is 0.143. The fourth-order valence-corrected chi connectivity index (χ4v) is 3.94. The topological polar surface area (TPSA) is 50.7 Å². The van der Waals surface area contributed by atoms with Gasteiger partial charge in [0, 0.05) is 10.6 Å². The molecule has 4 aromatic carbocycles. The largest absolute Gasteiger partial charge is 0.488 e. The van der Waals surface area contributed by atoms with Crippen molar-refractivity contribution in [2.75, 3.05) is 0 Å². The molecule has 0 heterocycles. The maximum Gasteiger partial charge on any atom is 0.244 e. The predicted molar refractivity (Wildman–Crippen MR) is 135 cm³/mol. The van der Waals surface area contributed by atoms with Crippen LogP contribution in [0.5, 0.6) is 5.75 Å². The lowest BCUT2D eigenvalue weighted by molar-refractivity contribution is -0.120. The number of ether oxygens (including phenoxy) is 1. The van der Waals surface area contributed by atoms with E-state index >= 15 is 0 Å². The average Bonchev–Trinajstić information content (AvgIpc) is 2.80. The first kappa shape index (κ1) is 22.6. The van der Waals surface area contributed by atoms with Crippen LogP contribution < -0.4 is 10.2 Å². The second-order valence-corrected chi connectivity index (χ2v) is 8.45. The van der Waals surface area contributed by atoms with E-state index in [1.165, 1.54) is 10.9 Å². The van der Waals surface area contributed by atoms with Gasteiger partial charge in [0.25, 0.3) is 0 Å². The number of hydrogen-bond donors (Lipinski definition) is 1. The van der Waals surface area contributed by atoms with Crippen molar-refractivity contribution in [3.8, 4) is 5.75 Å². The van der Waals surface area contributed by atoms with E-state index in [4.69, 9.17) is 16.3 Å². The molecule has 0 bridgehead atoms. The van der Waals surface area contributed by atoms with Crippen molar-refractivity contribution in [3.63, 3.8) is 0 Å². The molecular formula is C28H25ClN2O2. The molecule has 1 N–H and O–H groups in total. The zero-order chi connectivity index (χ0) is 23.2. The van der Waals surface area contributed by atoms with Gasteiger partial charge >= 0.3 is 0 Å². The van der Waals surface area contributed by atoms with Crippen molar-refractivity contribution < 1.29 is 9.53 Å². The lowest BCUT2D eigenvalue weighted by Crippen LogP contribution is -2.20. The Bertz CT molecular complexity index is 1330. The highest BCUT2D eigenvalue weighted by atomic mass is 35.5. The maximum absolute atomic E-state index is 12.3. The summed E-state index contributed by atoms with van der Waals surface area (Å²) in [6.07, 6.45) is 1.83. The fourth-order valence-electron chi connectivity index (χ4n) is 3.76. The Labute approximate surface area is 198 Å². The first-order valence-electron chi connectivity index (χ1n) is 10.8. The van der Waals surface area contributed by atoms with Crippen LogP contribution in [0, 0.1) is 13.8 Å². The van der Waals surface area contributed by atoms with E-state index in [1.54, 1.807) is 18.3 Å². The Morgan fingerprint density at radius 3 is 2.64 bits per heavy atom. The highest BCUT2D eigenvalue weighted by molar-refractivity contribution is 6.30. The molecule has 33 heavy (non-hydrogen) atoms. The van der Waals surface area contributed by atoms with Gasteiger partial charge in [-0.3, -0.25) is 4.79 Å². The van der Waals surface area contributed by atoms with Crippen LogP contribution in [-0.2, 0) is 17.8 Å². The van der Waals surface area contributed by atoms with E-state index in [2.05, 4.69) is 40.9 Å². The molecule has 0 saturated carbocycles. The number of hydrazone groups is 1. The standard InChI is InChI=1S/C28H25ClN2O2/c1-19-10-11-22(20(2)14-19)16-28(32)31-30-17-24-15-25(29)12-13-27(24)33-18-23-8-5-7-21-6-3-4-9-26(21)23/h3-15,17H,16,18H2,1-2H3,(H,31,32)/b30-17-. The number of nitrogens with one attached hydrogen (secondary N) is 1. The molecule has 0 aliphatic carbocycles. The van der Waals surface area contributed by atoms with Crippen molar-refractivity contribution in [1.29, 1.82) is 0 Å². The van der Waals surface area contributed by atoms with Crippen molar-refractivity contribution in [2.45, 2.75) is 26.9 Å². The summed E-state index contributed by atoms with van der Waals surface area (Å²) < 4.78 is 6.10. The number of aryl methyl sites for hydroxylation is 2. The Balaban J connectivity index is 1.44. The average molecular weight is 457 g/mol. The molecule has 0 aromatic heterocycles. The van der Waals surface area contributed by atoms with Gasteiger partial charge in [-0.05, 0) is 59.5 Å². The Kier molecular flexibility index (Phi) is 7.06.